The van der Waals surface area contributed by atoms with Gasteiger partial charge in [-0.3, -0.25) is 0 Å². The Hall–Kier alpha value is -2.99. The van der Waals surface area contributed by atoms with Crippen LogP contribution >= 0.6 is 15.9 Å². The molecule has 0 bridgehead atoms. The van der Waals surface area contributed by atoms with Crippen molar-refractivity contribution in [2.24, 2.45) is 0 Å². The molecule has 0 radical (unpaired) electrons. The van der Waals surface area contributed by atoms with Crippen LogP contribution in [0.25, 0.3) is 34.0 Å². The number of halogens is 1. The van der Waals surface area contributed by atoms with Gasteiger partial charge in [0.2, 0.25) is 0 Å². The van der Waals surface area contributed by atoms with E-state index in [1.165, 1.54) is 0 Å². The normalized spacial score (nSPS) is 10.9. The van der Waals surface area contributed by atoms with E-state index in [9.17, 15) is 0 Å². The zero-order valence-corrected chi connectivity index (χ0v) is 17.9. The van der Waals surface area contributed by atoms with E-state index in [0.717, 1.165) is 57.4 Å². The van der Waals surface area contributed by atoms with E-state index in [1.54, 1.807) is 14.2 Å². The van der Waals surface area contributed by atoms with Crippen LogP contribution in [0.2, 0.25) is 0 Å². The predicted molar refractivity (Wildman–Crippen MR) is 120 cm³/mol. The molecule has 0 fully saturated rings. The third-order valence-corrected chi connectivity index (χ3v) is 5.20. The van der Waals surface area contributed by atoms with Gasteiger partial charge in [-0.15, -0.1) is 0 Å². The summed E-state index contributed by atoms with van der Waals surface area (Å²) in [7, 11) is 3.35. The molecule has 0 spiro atoms. The van der Waals surface area contributed by atoms with Crippen molar-refractivity contribution in [2.45, 2.75) is 6.54 Å². The maximum Gasteiger partial charge on any atom is 0.157 e. The Morgan fingerprint density at radius 3 is 2.03 bits per heavy atom. The van der Waals surface area contributed by atoms with Crippen LogP contribution < -0.4 is 9.47 Å². The SMILES string of the molecule is COc1ccc(-c2nc(-c3ccc[nH]3)n(CCBr)c2-c2ccc(OC)cc2)cc1. The fraction of sp³-hybridized carbons (Fsp3) is 0.174. The molecule has 29 heavy (non-hydrogen) atoms. The minimum Gasteiger partial charge on any atom is -0.497 e. The summed E-state index contributed by atoms with van der Waals surface area (Å²) in [5.74, 6) is 2.56. The third kappa shape index (κ3) is 3.80. The van der Waals surface area contributed by atoms with Gasteiger partial charge in [-0.05, 0) is 60.7 Å². The summed E-state index contributed by atoms with van der Waals surface area (Å²) >= 11 is 3.60. The van der Waals surface area contributed by atoms with Gasteiger partial charge in [0.05, 0.1) is 31.3 Å². The van der Waals surface area contributed by atoms with E-state index in [-0.39, 0.29) is 0 Å². The number of ether oxygens (including phenoxy) is 2. The summed E-state index contributed by atoms with van der Waals surface area (Å²) in [5, 5.41) is 0.822. The number of imidazole rings is 1. The summed E-state index contributed by atoms with van der Waals surface area (Å²) in [5.41, 5.74) is 5.12. The van der Waals surface area contributed by atoms with Gasteiger partial charge in [-0.1, -0.05) is 15.9 Å². The number of aromatic nitrogens is 3. The highest BCUT2D eigenvalue weighted by atomic mass is 79.9. The number of aromatic amines is 1. The number of hydrogen-bond acceptors (Lipinski definition) is 3. The molecular weight excluding hydrogens is 430 g/mol. The highest BCUT2D eigenvalue weighted by Crippen LogP contribution is 2.37. The van der Waals surface area contributed by atoms with E-state index in [4.69, 9.17) is 14.5 Å². The highest BCUT2D eigenvalue weighted by Gasteiger charge is 2.21. The van der Waals surface area contributed by atoms with Crippen LogP contribution in [-0.4, -0.2) is 34.1 Å². The largest absolute Gasteiger partial charge is 0.497 e. The Bertz CT molecular complexity index is 1070. The second kappa shape index (κ2) is 8.57. The van der Waals surface area contributed by atoms with Crippen molar-refractivity contribution < 1.29 is 9.47 Å². The van der Waals surface area contributed by atoms with Gasteiger partial charge in [-0.2, -0.15) is 0 Å². The molecule has 0 unspecified atom stereocenters. The second-order valence-corrected chi connectivity index (χ2v) is 7.31. The summed E-state index contributed by atoms with van der Waals surface area (Å²) in [6.07, 6.45) is 1.92. The van der Waals surface area contributed by atoms with E-state index in [2.05, 4.69) is 37.6 Å². The molecule has 2 heterocycles. The van der Waals surface area contributed by atoms with Gasteiger partial charge in [0.15, 0.2) is 5.82 Å². The number of nitrogens with zero attached hydrogens (tertiary/aromatic N) is 2. The molecule has 0 amide bonds. The number of methoxy groups -OCH3 is 2. The van der Waals surface area contributed by atoms with Crippen LogP contribution in [0.5, 0.6) is 11.5 Å². The van der Waals surface area contributed by atoms with Crippen LogP contribution in [0.1, 0.15) is 0 Å². The average Bonchev–Trinajstić information content (AvgIpc) is 3.42. The topological polar surface area (TPSA) is 52.1 Å². The maximum absolute atomic E-state index is 5.34. The molecule has 1 N–H and O–H groups in total. The number of rotatable bonds is 7. The van der Waals surface area contributed by atoms with Gasteiger partial charge in [0.1, 0.15) is 11.5 Å². The quantitative estimate of drug-likeness (QED) is 0.370. The van der Waals surface area contributed by atoms with Crippen molar-refractivity contribution in [3.8, 4) is 45.5 Å². The maximum atomic E-state index is 5.34. The number of hydrogen-bond donors (Lipinski definition) is 1. The highest BCUT2D eigenvalue weighted by molar-refractivity contribution is 9.09. The van der Waals surface area contributed by atoms with Crippen molar-refractivity contribution in [3.05, 3.63) is 66.9 Å². The molecule has 148 valence electrons. The van der Waals surface area contributed by atoms with Crippen molar-refractivity contribution in [1.29, 1.82) is 0 Å². The Kier molecular flexibility index (Phi) is 5.71. The Morgan fingerprint density at radius 1 is 0.897 bits per heavy atom. The molecule has 0 atom stereocenters. The fourth-order valence-electron chi connectivity index (χ4n) is 3.42. The molecule has 0 aliphatic rings. The molecule has 0 aliphatic carbocycles. The van der Waals surface area contributed by atoms with E-state index < -0.39 is 0 Å². The van der Waals surface area contributed by atoms with Gasteiger partial charge in [0.25, 0.3) is 0 Å². The van der Waals surface area contributed by atoms with Crippen LogP contribution in [0.3, 0.4) is 0 Å². The molecule has 6 heteroatoms. The Morgan fingerprint density at radius 2 is 1.52 bits per heavy atom. The minimum absolute atomic E-state index is 0.791. The minimum atomic E-state index is 0.791. The fourth-order valence-corrected chi connectivity index (χ4v) is 3.78. The van der Waals surface area contributed by atoms with Crippen molar-refractivity contribution in [3.63, 3.8) is 0 Å². The number of H-pyrrole nitrogens is 1. The molecule has 0 saturated carbocycles. The van der Waals surface area contributed by atoms with Crippen LogP contribution in [0.4, 0.5) is 0 Å². The lowest BCUT2D eigenvalue weighted by atomic mass is 10.0. The van der Waals surface area contributed by atoms with E-state index in [1.807, 2.05) is 54.7 Å². The zero-order valence-electron chi connectivity index (χ0n) is 16.4. The second-order valence-electron chi connectivity index (χ2n) is 6.51. The predicted octanol–water partition coefficient (Wildman–Crippen LogP) is 5.62. The first-order valence-electron chi connectivity index (χ1n) is 9.34. The number of nitrogens with one attached hydrogen (secondary N) is 1. The first-order chi connectivity index (χ1) is 14.2. The van der Waals surface area contributed by atoms with Crippen LogP contribution in [0.15, 0.2) is 66.9 Å². The monoisotopic (exact) mass is 451 g/mol. The lowest BCUT2D eigenvalue weighted by molar-refractivity contribution is 0.414. The molecule has 4 rings (SSSR count). The van der Waals surface area contributed by atoms with Crippen molar-refractivity contribution in [2.75, 3.05) is 19.5 Å². The summed E-state index contributed by atoms with van der Waals surface area (Å²) < 4.78 is 12.9. The summed E-state index contributed by atoms with van der Waals surface area (Å²) in [6.45, 7) is 0.791. The third-order valence-electron chi connectivity index (χ3n) is 4.84. The Labute approximate surface area is 178 Å². The van der Waals surface area contributed by atoms with Crippen molar-refractivity contribution in [1.82, 2.24) is 14.5 Å². The standard InChI is InChI=1S/C23H22BrN3O2/c1-28-18-9-5-16(6-10-18)21-22(17-7-11-19(29-2)12-8-17)27(15-13-24)23(26-21)20-4-3-14-25-20/h3-12,14,25H,13,15H2,1-2H3. The first-order valence-corrected chi connectivity index (χ1v) is 10.5. The van der Waals surface area contributed by atoms with E-state index >= 15 is 0 Å². The summed E-state index contributed by atoms with van der Waals surface area (Å²) in [6, 6.07) is 20.2. The van der Waals surface area contributed by atoms with Gasteiger partial charge in [-0.25, -0.2) is 4.98 Å². The van der Waals surface area contributed by atoms with Gasteiger partial charge >= 0.3 is 0 Å². The number of alkyl halides is 1. The van der Waals surface area contributed by atoms with Gasteiger partial charge < -0.3 is 19.0 Å². The van der Waals surface area contributed by atoms with Crippen molar-refractivity contribution >= 4 is 15.9 Å². The van der Waals surface area contributed by atoms with E-state index in [0.29, 0.717) is 0 Å². The Balaban J connectivity index is 1.95. The van der Waals surface area contributed by atoms with Crippen LogP contribution in [-0.2, 0) is 6.54 Å². The number of benzene rings is 2. The van der Waals surface area contributed by atoms with Gasteiger partial charge in [0, 0.05) is 29.2 Å². The van der Waals surface area contributed by atoms with Crippen LogP contribution in [0, 0.1) is 0 Å². The zero-order chi connectivity index (χ0) is 20.2. The summed E-state index contributed by atoms with van der Waals surface area (Å²) in [4.78, 5) is 8.35. The smallest absolute Gasteiger partial charge is 0.157 e. The lowest BCUT2D eigenvalue weighted by Gasteiger charge is -2.12. The molecular formula is C23H22BrN3O2. The molecule has 2 aromatic carbocycles. The molecule has 4 aromatic rings. The molecule has 0 saturated heterocycles. The lowest BCUT2D eigenvalue weighted by Crippen LogP contribution is -2.04. The molecule has 2 aromatic heterocycles. The first kappa shape index (κ1) is 19.3. The average molecular weight is 452 g/mol. The molecule has 0 aliphatic heterocycles. The molecule has 5 nitrogen and oxygen atoms in total.